The summed E-state index contributed by atoms with van der Waals surface area (Å²) in [5, 5.41) is 6.63. The molecule has 152 valence electrons. The zero-order valence-corrected chi connectivity index (χ0v) is 17.1. The van der Waals surface area contributed by atoms with Gasteiger partial charge in [0.05, 0.1) is 4.47 Å². The van der Waals surface area contributed by atoms with Gasteiger partial charge in [-0.15, -0.1) is 0 Å². The smallest absolute Gasteiger partial charge is 0.274 e. The van der Waals surface area contributed by atoms with Gasteiger partial charge in [0, 0.05) is 23.9 Å². The summed E-state index contributed by atoms with van der Waals surface area (Å²) < 4.78 is 34.4. The van der Waals surface area contributed by atoms with Crippen molar-refractivity contribution >= 4 is 21.8 Å². The summed E-state index contributed by atoms with van der Waals surface area (Å²) in [7, 11) is 0. The van der Waals surface area contributed by atoms with Crippen molar-refractivity contribution in [1.82, 2.24) is 20.0 Å². The second kappa shape index (κ2) is 8.58. The molecule has 2 heterocycles. The SMILES string of the molecule is O=C(Cn1cccc1-c1nc(-c2ccc(F)c(Br)c2)no1)NCc1ccccc1F. The summed E-state index contributed by atoms with van der Waals surface area (Å²) in [6.07, 6.45) is 1.70. The van der Waals surface area contributed by atoms with Gasteiger partial charge in [-0.1, -0.05) is 23.4 Å². The molecular formula is C21H15BrF2N4O2. The lowest BCUT2D eigenvalue weighted by molar-refractivity contribution is -0.121. The molecule has 0 aliphatic rings. The number of hydrogen-bond donors (Lipinski definition) is 1. The Morgan fingerprint density at radius 1 is 1.10 bits per heavy atom. The van der Waals surface area contributed by atoms with Crippen molar-refractivity contribution in [2.75, 3.05) is 0 Å². The third kappa shape index (κ3) is 4.30. The molecule has 6 nitrogen and oxygen atoms in total. The Bertz CT molecular complexity index is 1210. The Balaban J connectivity index is 1.47. The first-order chi connectivity index (χ1) is 14.5. The molecule has 1 amide bonds. The van der Waals surface area contributed by atoms with E-state index in [-0.39, 0.29) is 30.7 Å². The molecule has 0 saturated heterocycles. The zero-order chi connectivity index (χ0) is 21.1. The van der Waals surface area contributed by atoms with Crippen LogP contribution in [-0.4, -0.2) is 20.6 Å². The van der Waals surface area contributed by atoms with E-state index in [4.69, 9.17) is 4.52 Å². The molecule has 2 aromatic carbocycles. The minimum atomic E-state index is -0.391. The highest BCUT2D eigenvalue weighted by molar-refractivity contribution is 9.10. The van der Waals surface area contributed by atoms with Crippen molar-refractivity contribution in [1.29, 1.82) is 0 Å². The van der Waals surface area contributed by atoms with Crippen molar-refractivity contribution in [2.45, 2.75) is 13.1 Å². The number of nitrogens with zero attached hydrogens (tertiary/aromatic N) is 3. The van der Waals surface area contributed by atoms with Crippen LogP contribution in [0.15, 0.2) is 69.8 Å². The Morgan fingerprint density at radius 2 is 1.93 bits per heavy atom. The predicted octanol–water partition coefficient (Wildman–Crippen LogP) is 4.56. The van der Waals surface area contributed by atoms with Crippen LogP contribution in [0.4, 0.5) is 8.78 Å². The summed E-state index contributed by atoms with van der Waals surface area (Å²) in [4.78, 5) is 16.7. The lowest BCUT2D eigenvalue weighted by Crippen LogP contribution is -2.27. The molecule has 0 aliphatic heterocycles. The highest BCUT2D eigenvalue weighted by atomic mass is 79.9. The second-order valence-electron chi connectivity index (χ2n) is 6.44. The van der Waals surface area contributed by atoms with E-state index in [1.807, 2.05) is 0 Å². The van der Waals surface area contributed by atoms with E-state index in [1.165, 1.54) is 12.1 Å². The Morgan fingerprint density at radius 3 is 2.73 bits per heavy atom. The van der Waals surface area contributed by atoms with E-state index < -0.39 is 5.82 Å². The van der Waals surface area contributed by atoms with Gasteiger partial charge >= 0.3 is 0 Å². The first-order valence-electron chi connectivity index (χ1n) is 8.96. The van der Waals surface area contributed by atoms with Crippen molar-refractivity contribution in [2.24, 2.45) is 0 Å². The van der Waals surface area contributed by atoms with Crippen molar-refractivity contribution in [3.05, 3.63) is 82.5 Å². The average Bonchev–Trinajstić information content (AvgIpc) is 3.39. The minimum Gasteiger partial charge on any atom is -0.350 e. The first-order valence-corrected chi connectivity index (χ1v) is 9.75. The number of aromatic nitrogens is 3. The molecule has 0 fully saturated rings. The van der Waals surface area contributed by atoms with Crippen LogP contribution in [0.1, 0.15) is 5.56 Å². The number of amides is 1. The summed E-state index contributed by atoms with van der Waals surface area (Å²) in [5.74, 6) is -0.541. The van der Waals surface area contributed by atoms with Crippen molar-refractivity contribution in [3.63, 3.8) is 0 Å². The molecule has 0 spiro atoms. The molecule has 9 heteroatoms. The third-order valence-electron chi connectivity index (χ3n) is 4.40. The molecule has 30 heavy (non-hydrogen) atoms. The fourth-order valence-corrected chi connectivity index (χ4v) is 3.25. The molecule has 0 atom stereocenters. The van der Waals surface area contributed by atoms with Gasteiger partial charge in [0.2, 0.25) is 11.7 Å². The molecular weight excluding hydrogens is 458 g/mol. The fourth-order valence-electron chi connectivity index (χ4n) is 2.87. The molecule has 0 saturated carbocycles. The molecule has 0 unspecified atom stereocenters. The molecule has 1 N–H and O–H groups in total. The predicted molar refractivity (Wildman–Crippen MR) is 109 cm³/mol. The number of halogens is 3. The Kier molecular flexibility index (Phi) is 5.71. The van der Waals surface area contributed by atoms with E-state index in [0.717, 1.165) is 0 Å². The van der Waals surface area contributed by atoms with Gasteiger partial charge in [-0.25, -0.2) is 8.78 Å². The van der Waals surface area contributed by atoms with E-state index in [9.17, 15) is 13.6 Å². The van der Waals surface area contributed by atoms with Gasteiger partial charge in [0.1, 0.15) is 23.9 Å². The fraction of sp³-hybridized carbons (Fsp3) is 0.0952. The van der Waals surface area contributed by atoms with Crippen LogP contribution >= 0.6 is 15.9 Å². The maximum Gasteiger partial charge on any atom is 0.274 e. The molecule has 0 aliphatic carbocycles. The van der Waals surface area contributed by atoms with E-state index in [2.05, 4.69) is 31.4 Å². The molecule has 2 aromatic heterocycles. The maximum atomic E-state index is 13.7. The summed E-state index contributed by atoms with van der Waals surface area (Å²) in [6.45, 7) is 0.0862. The normalized spacial score (nSPS) is 10.9. The lowest BCUT2D eigenvalue weighted by Gasteiger charge is -2.08. The van der Waals surface area contributed by atoms with Crippen molar-refractivity contribution < 1.29 is 18.1 Å². The summed E-state index contributed by atoms with van der Waals surface area (Å²) in [6, 6.07) is 14.2. The summed E-state index contributed by atoms with van der Waals surface area (Å²) in [5.41, 5.74) is 1.54. The van der Waals surface area contributed by atoms with Crippen LogP contribution < -0.4 is 5.32 Å². The third-order valence-corrected chi connectivity index (χ3v) is 5.01. The number of carbonyl (C=O) groups excluding carboxylic acids is 1. The zero-order valence-electron chi connectivity index (χ0n) is 15.5. The van der Waals surface area contributed by atoms with Crippen LogP contribution in [0, 0.1) is 11.6 Å². The number of rotatable bonds is 6. The van der Waals surface area contributed by atoms with Crippen LogP contribution in [0.25, 0.3) is 23.0 Å². The van der Waals surface area contributed by atoms with Crippen LogP contribution in [0.5, 0.6) is 0 Å². The van der Waals surface area contributed by atoms with Crippen LogP contribution in [-0.2, 0) is 17.9 Å². The van der Waals surface area contributed by atoms with Gasteiger partial charge in [-0.3, -0.25) is 4.79 Å². The Hall–Kier alpha value is -3.33. The molecule has 0 bridgehead atoms. The van der Waals surface area contributed by atoms with E-state index in [1.54, 1.807) is 53.2 Å². The minimum absolute atomic E-state index is 0.00338. The lowest BCUT2D eigenvalue weighted by atomic mass is 10.2. The number of carbonyl (C=O) groups is 1. The van der Waals surface area contributed by atoms with Gasteiger partial charge in [0.25, 0.3) is 5.89 Å². The van der Waals surface area contributed by atoms with Gasteiger partial charge in [-0.05, 0) is 52.3 Å². The van der Waals surface area contributed by atoms with E-state index >= 15 is 0 Å². The van der Waals surface area contributed by atoms with E-state index in [0.29, 0.717) is 27.1 Å². The maximum absolute atomic E-state index is 13.7. The number of benzene rings is 2. The van der Waals surface area contributed by atoms with Crippen molar-refractivity contribution in [3.8, 4) is 23.0 Å². The van der Waals surface area contributed by atoms with Gasteiger partial charge in [-0.2, -0.15) is 4.98 Å². The topological polar surface area (TPSA) is 73.0 Å². The molecule has 0 radical (unpaired) electrons. The standard InChI is InChI=1S/C21H15BrF2N4O2/c22-15-10-13(7-8-17(15)24)20-26-21(30-27-20)18-6-3-9-28(18)12-19(29)25-11-14-4-1-2-5-16(14)23/h1-10H,11-12H2,(H,25,29). The van der Waals surface area contributed by atoms with Gasteiger partial charge in [0.15, 0.2) is 0 Å². The van der Waals surface area contributed by atoms with Crippen LogP contribution in [0.2, 0.25) is 0 Å². The second-order valence-corrected chi connectivity index (χ2v) is 7.30. The largest absolute Gasteiger partial charge is 0.350 e. The highest BCUT2D eigenvalue weighted by Gasteiger charge is 2.16. The average molecular weight is 473 g/mol. The number of nitrogens with one attached hydrogen (secondary N) is 1. The highest BCUT2D eigenvalue weighted by Crippen LogP contribution is 2.26. The monoisotopic (exact) mass is 472 g/mol. The molecule has 4 aromatic rings. The van der Waals surface area contributed by atoms with Crippen LogP contribution in [0.3, 0.4) is 0 Å². The quantitative estimate of drug-likeness (QED) is 0.446. The summed E-state index contributed by atoms with van der Waals surface area (Å²) >= 11 is 3.13. The van der Waals surface area contributed by atoms with Gasteiger partial charge < -0.3 is 14.4 Å². The molecule has 4 rings (SSSR count). The first kappa shape index (κ1) is 20.0. The Labute approximate surface area is 178 Å². The number of hydrogen-bond acceptors (Lipinski definition) is 4.